The molecule has 0 spiro atoms. The minimum Gasteiger partial charge on any atom is -0.343 e. The number of nitrogens with one attached hydrogen (secondary N) is 1. The summed E-state index contributed by atoms with van der Waals surface area (Å²) in [5.41, 5.74) is 2.47. The van der Waals surface area contributed by atoms with Gasteiger partial charge in [0.05, 0.1) is 28.5 Å². The highest BCUT2D eigenvalue weighted by Crippen LogP contribution is 2.18. The Balaban J connectivity index is 1.48. The van der Waals surface area contributed by atoms with Gasteiger partial charge in [-0.2, -0.15) is 5.10 Å². The highest BCUT2D eigenvalue weighted by molar-refractivity contribution is 5.95. The molecule has 0 atom stereocenters. The predicted molar refractivity (Wildman–Crippen MR) is 128 cm³/mol. The molecule has 170 valence electrons. The lowest BCUT2D eigenvalue weighted by atomic mass is 10.2. The molecule has 1 N–H and O–H groups in total. The van der Waals surface area contributed by atoms with E-state index in [0.29, 0.717) is 24.4 Å². The number of hydrogen-bond donors (Lipinski definition) is 1. The highest BCUT2D eigenvalue weighted by atomic mass is 19.1. The molecule has 2 aromatic heterocycles. The van der Waals surface area contributed by atoms with E-state index in [9.17, 15) is 14.0 Å². The third-order valence-corrected chi connectivity index (χ3v) is 5.76. The van der Waals surface area contributed by atoms with Crippen molar-refractivity contribution >= 4 is 27.8 Å². The Bertz CT molecular complexity index is 1570. The fraction of sp³-hybridized carbons (Fsp3) is 0.154. The molecule has 5 aromatic rings. The molecule has 0 radical (unpaired) electrons. The molecule has 0 bridgehead atoms. The van der Waals surface area contributed by atoms with Crippen LogP contribution in [0.2, 0.25) is 0 Å². The number of benzene rings is 3. The normalized spacial score (nSPS) is 11.2. The number of rotatable bonds is 6. The van der Waals surface area contributed by atoms with Crippen LogP contribution in [0.25, 0.3) is 21.9 Å². The van der Waals surface area contributed by atoms with Gasteiger partial charge in [0.25, 0.3) is 5.91 Å². The first-order chi connectivity index (χ1) is 16.5. The first-order valence-corrected chi connectivity index (χ1v) is 11.0. The Hall–Kier alpha value is -4.33. The number of fused-ring (bicyclic) bond motifs is 2. The van der Waals surface area contributed by atoms with E-state index in [-0.39, 0.29) is 17.6 Å². The van der Waals surface area contributed by atoms with E-state index in [4.69, 9.17) is 0 Å². The monoisotopic (exact) mass is 455 g/mol. The lowest BCUT2D eigenvalue weighted by Gasteiger charge is -2.12. The Labute approximate surface area is 194 Å². The Morgan fingerprint density at radius 1 is 1.00 bits per heavy atom. The van der Waals surface area contributed by atoms with Gasteiger partial charge in [0.15, 0.2) is 5.69 Å². The smallest absolute Gasteiger partial charge is 0.276 e. The van der Waals surface area contributed by atoms with Crippen LogP contribution in [0, 0.1) is 5.82 Å². The maximum atomic E-state index is 13.8. The number of aromatic nitrogens is 4. The summed E-state index contributed by atoms with van der Waals surface area (Å²) in [7, 11) is 0. The SMILES string of the molecule is CCn1nc(C(=O)NCc2nc3ccccc3n2Cc2ccccc2)c(=O)c2cc(F)ccc21. The molecule has 0 saturated carbocycles. The Morgan fingerprint density at radius 3 is 2.56 bits per heavy atom. The van der Waals surface area contributed by atoms with Crippen LogP contribution in [-0.4, -0.2) is 25.2 Å². The zero-order valence-corrected chi connectivity index (χ0v) is 18.5. The molecule has 7 nitrogen and oxygen atoms in total. The summed E-state index contributed by atoms with van der Waals surface area (Å²) in [6.07, 6.45) is 0. The van der Waals surface area contributed by atoms with Crippen molar-refractivity contribution < 1.29 is 9.18 Å². The number of para-hydroxylation sites is 2. The number of amides is 1. The molecule has 1 amide bonds. The van der Waals surface area contributed by atoms with Gasteiger partial charge in [0, 0.05) is 13.1 Å². The Morgan fingerprint density at radius 2 is 1.76 bits per heavy atom. The van der Waals surface area contributed by atoms with E-state index < -0.39 is 17.2 Å². The average molecular weight is 455 g/mol. The van der Waals surface area contributed by atoms with Gasteiger partial charge in [0.1, 0.15) is 11.6 Å². The largest absolute Gasteiger partial charge is 0.343 e. The van der Waals surface area contributed by atoms with Crippen LogP contribution in [0.5, 0.6) is 0 Å². The maximum Gasteiger partial charge on any atom is 0.276 e. The van der Waals surface area contributed by atoms with Gasteiger partial charge >= 0.3 is 0 Å². The molecule has 0 fully saturated rings. The quantitative estimate of drug-likeness (QED) is 0.421. The number of carbonyl (C=O) groups excluding carboxylic acids is 1. The van der Waals surface area contributed by atoms with Gasteiger partial charge in [-0.1, -0.05) is 42.5 Å². The second-order valence-electron chi connectivity index (χ2n) is 7.93. The van der Waals surface area contributed by atoms with Crippen molar-refractivity contribution in [3.8, 4) is 0 Å². The van der Waals surface area contributed by atoms with Crippen LogP contribution in [0.1, 0.15) is 28.8 Å². The predicted octanol–water partition coefficient (Wildman–Crippen LogP) is 3.88. The van der Waals surface area contributed by atoms with E-state index in [0.717, 1.165) is 22.7 Å². The van der Waals surface area contributed by atoms with Crippen LogP contribution in [0.15, 0.2) is 77.6 Å². The van der Waals surface area contributed by atoms with Gasteiger partial charge in [-0.05, 0) is 42.8 Å². The van der Waals surface area contributed by atoms with Crippen LogP contribution in [-0.2, 0) is 19.6 Å². The maximum absolute atomic E-state index is 13.8. The summed E-state index contributed by atoms with van der Waals surface area (Å²) < 4.78 is 17.4. The first kappa shape index (κ1) is 21.5. The summed E-state index contributed by atoms with van der Waals surface area (Å²) in [5, 5.41) is 7.14. The fourth-order valence-electron chi connectivity index (χ4n) is 4.10. The molecular formula is C26H22FN5O2. The zero-order chi connectivity index (χ0) is 23.7. The van der Waals surface area contributed by atoms with Crippen molar-refractivity contribution in [1.82, 2.24) is 24.6 Å². The number of hydrogen-bond acceptors (Lipinski definition) is 4. The van der Waals surface area contributed by atoms with Crippen LogP contribution >= 0.6 is 0 Å². The van der Waals surface area contributed by atoms with E-state index in [1.807, 2.05) is 66.1 Å². The first-order valence-electron chi connectivity index (χ1n) is 11.0. The van der Waals surface area contributed by atoms with Gasteiger partial charge in [-0.25, -0.2) is 9.37 Å². The number of imidazole rings is 1. The molecular weight excluding hydrogens is 433 g/mol. The van der Waals surface area contributed by atoms with Crippen LogP contribution < -0.4 is 10.7 Å². The summed E-state index contributed by atoms with van der Waals surface area (Å²) in [6, 6.07) is 21.6. The zero-order valence-electron chi connectivity index (χ0n) is 18.5. The van der Waals surface area contributed by atoms with Crippen molar-refractivity contribution in [3.05, 3.63) is 106 Å². The van der Waals surface area contributed by atoms with Crippen molar-refractivity contribution in [2.75, 3.05) is 0 Å². The summed E-state index contributed by atoms with van der Waals surface area (Å²) in [6.45, 7) is 2.96. The lowest BCUT2D eigenvalue weighted by Crippen LogP contribution is -2.32. The Kier molecular flexibility index (Phi) is 5.63. The number of carbonyl (C=O) groups is 1. The highest BCUT2D eigenvalue weighted by Gasteiger charge is 2.19. The molecule has 3 aromatic carbocycles. The lowest BCUT2D eigenvalue weighted by molar-refractivity contribution is 0.0941. The molecule has 0 aliphatic heterocycles. The molecule has 0 saturated heterocycles. The molecule has 0 unspecified atom stereocenters. The molecule has 5 rings (SSSR count). The van der Waals surface area contributed by atoms with Crippen molar-refractivity contribution in [1.29, 1.82) is 0 Å². The minimum absolute atomic E-state index is 0.106. The molecule has 34 heavy (non-hydrogen) atoms. The second-order valence-corrected chi connectivity index (χ2v) is 7.93. The molecule has 0 aliphatic rings. The third-order valence-electron chi connectivity index (χ3n) is 5.76. The van der Waals surface area contributed by atoms with Crippen molar-refractivity contribution in [2.45, 2.75) is 26.6 Å². The van der Waals surface area contributed by atoms with Crippen molar-refractivity contribution in [3.63, 3.8) is 0 Å². The van der Waals surface area contributed by atoms with Gasteiger partial charge in [0.2, 0.25) is 5.43 Å². The van der Waals surface area contributed by atoms with E-state index in [2.05, 4.69) is 15.4 Å². The minimum atomic E-state index is -0.628. The average Bonchev–Trinajstić information content (AvgIpc) is 3.21. The number of halogens is 1. The summed E-state index contributed by atoms with van der Waals surface area (Å²) >= 11 is 0. The fourth-order valence-corrected chi connectivity index (χ4v) is 4.10. The second kappa shape index (κ2) is 8.90. The molecule has 2 heterocycles. The van der Waals surface area contributed by atoms with Crippen molar-refractivity contribution in [2.24, 2.45) is 0 Å². The standard InChI is InChI=1S/C26H22FN5O2/c1-2-32-21-13-12-18(27)14-19(21)25(33)24(30-32)26(34)28-15-23-29-20-10-6-7-11-22(20)31(23)16-17-8-4-3-5-9-17/h3-14H,2,15-16H2,1H3,(H,28,34). The van der Waals surface area contributed by atoms with Crippen LogP contribution in [0.3, 0.4) is 0 Å². The van der Waals surface area contributed by atoms with Gasteiger partial charge in [-0.15, -0.1) is 0 Å². The van der Waals surface area contributed by atoms with E-state index >= 15 is 0 Å². The van der Waals surface area contributed by atoms with Gasteiger partial charge < -0.3 is 9.88 Å². The number of aryl methyl sites for hydroxylation is 1. The van der Waals surface area contributed by atoms with Crippen LogP contribution in [0.4, 0.5) is 4.39 Å². The van der Waals surface area contributed by atoms with E-state index in [1.54, 1.807) is 0 Å². The summed E-state index contributed by atoms with van der Waals surface area (Å²) in [5.74, 6) is -0.517. The number of nitrogens with zero attached hydrogens (tertiary/aromatic N) is 4. The molecule has 0 aliphatic carbocycles. The van der Waals surface area contributed by atoms with E-state index in [1.165, 1.54) is 16.8 Å². The topological polar surface area (TPSA) is 81.8 Å². The summed E-state index contributed by atoms with van der Waals surface area (Å²) in [4.78, 5) is 30.6. The molecule has 8 heteroatoms. The third kappa shape index (κ3) is 3.94. The van der Waals surface area contributed by atoms with Gasteiger partial charge in [-0.3, -0.25) is 14.3 Å².